The molecule has 124 valence electrons. The summed E-state index contributed by atoms with van der Waals surface area (Å²) < 4.78 is 6.66. The fourth-order valence-corrected chi connectivity index (χ4v) is 2.91. The SMILES string of the molecule is CCOC(=O)CSc1ncnc2c1nnn2Cc1ccc(C)cc1. The largest absolute Gasteiger partial charge is 0.465 e. The number of esters is 1. The average molecular weight is 343 g/mol. The normalized spacial score (nSPS) is 10.9. The average Bonchev–Trinajstić information content (AvgIpc) is 2.99. The molecular weight excluding hydrogens is 326 g/mol. The second-order valence-electron chi connectivity index (χ2n) is 5.18. The fourth-order valence-electron chi connectivity index (χ4n) is 2.18. The lowest BCUT2D eigenvalue weighted by atomic mass is 10.1. The molecule has 0 saturated carbocycles. The minimum atomic E-state index is -0.277. The van der Waals surface area contributed by atoms with E-state index < -0.39 is 0 Å². The second-order valence-corrected chi connectivity index (χ2v) is 6.14. The lowest BCUT2D eigenvalue weighted by Crippen LogP contribution is -2.07. The molecule has 0 fully saturated rings. The summed E-state index contributed by atoms with van der Waals surface area (Å²) in [5, 5.41) is 8.97. The lowest BCUT2D eigenvalue weighted by molar-refractivity contribution is -0.139. The molecule has 7 nitrogen and oxygen atoms in total. The molecule has 3 aromatic rings. The highest BCUT2D eigenvalue weighted by Crippen LogP contribution is 2.22. The van der Waals surface area contributed by atoms with Gasteiger partial charge in [0.25, 0.3) is 0 Å². The third kappa shape index (κ3) is 3.70. The van der Waals surface area contributed by atoms with Crippen LogP contribution in [-0.4, -0.2) is 43.3 Å². The predicted molar refractivity (Wildman–Crippen MR) is 90.8 cm³/mol. The number of nitrogens with zero attached hydrogens (tertiary/aromatic N) is 5. The number of benzene rings is 1. The Labute approximate surface area is 143 Å². The minimum Gasteiger partial charge on any atom is -0.465 e. The van der Waals surface area contributed by atoms with Crippen LogP contribution in [0.1, 0.15) is 18.1 Å². The van der Waals surface area contributed by atoms with Crippen LogP contribution < -0.4 is 0 Å². The first kappa shape index (κ1) is 16.4. The van der Waals surface area contributed by atoms with Crippen LogP contribution >= 0.6 is 11.8 Å². The second kappa shape index (κ2) is 7.39. The van der Waals surface area contributed by atoms with Gasteiger partial charge in [0.05, 0.1) is 18.9 Å². The Hall–Kier alpha value is -2.48. The van der Waals surface area contributed by atoms with Crippen molar-refractivity contribution < 1.29 is 9.53 Å². The maximum atomic E-state index is 11.5. The van der Waals surface area contributed by atoms with Crippen molar-refractivity contribution in [3.05, 3.63) is 41.7 Å². The van der Waals surface area contributed by atoms with Gasteiger partial charge in [-0.3, -0.25) is 4.79 Å². The van der Waals surface area contributed by atoms with Crippen molar-refractivity contribution in [1.82, 2.24) is 25.0 Å². The number of fused-ring (bicyclic) bond motifs is 1. The number of ether oxygens (including phenoxy) is 1. The molecule has 24 heavy (non-hydrogen) atoms. The minimum absolute atomic E-state index is 0.185. The number of rotatable bonds is 6. The van der Waals surface area contributed by atoms with E-state index in [0.717, 1.165) is 5.56 Å². The summed E-state index contributed by atoms with van der Waals surface area (Å²) in [6.45, 7) is 4.78. The molecule has 2 aromatic heterocycles. The Morgan fingerprint density at radius 1 is 1.25 bits per heavy atom. The number of thioether (sulfide) groups is 1. The summed E-state index contributed by atoms with van der Waals surface area (Å²) in [6, 6.07) is 8.23. The van der Waals surface area contributed by atoms with E-state index in [1.165, 1.54) is 23.7 Å². The Bertz CT molecular complexity index is 847. The molecule has 0 atom stereocenters. The molecule has 0 spiro atoms. The molecule has 0 aliphatic heterocycles. The van der Waals surface area contributed by atoms with Gasteiger partial charge in [-0.2, -0.15) is 0 Å². The van der Waals surface area contributed by atoms with E-state index in [1.54, 1.807) is 11.6 Å². The highest BCUT2D eigenvalue weighted by Gasteiger charge is 2.14. The zero-order chi connectivity index (χ0) is 16.9. The number of hydrogen-bond donors (Lipinski definition) is 0. The zero-order valence-electron chi connectivity index (χ0n) is 13.5. The van der Waals surface area contributed by atoms with Crippen molar-refractivity contribution in [3.63, 3.8) is 0 Å². The van der Waals surface area contributed by atoms with Crippen molar-refractivity contribution in [2.75, 3.05) is 12.4 Å². The first-order valence-electron chi connectivity index (χ1n) is 7.55. The van der Waals surface area contributed by atoms with Crippen LogP contribution in [0.4, 0.5) is 0 Å². The molecule has 0 aliphatic rings. The quantitative estimate of drug-likeness (QED) is 0.385. The summed E-state index contributed by atoms with van der Waals surface area (Å²) in [7, 11) is 0. The van der Waals surface area contributed by atoms with Gasteiger partial charge in [0.15, 0.2) is 11.2 Å². The summed E-state index contributed by atoms with van der Waals surface area (Å²) >= 11 is 1.28. The number of carbonyl (C=O) groups is 1. The van der Waals surface area contributed by atoms with Crippen LogP contribution in [0.5, 0.6) is 0 Å². The van der Waals surface area contributed by atoms with E-state index in [1.807, 2.05) is 0 Å². The predicted octanol–water partition coefficient (Wildman–Crippen LogP) is 2.23. The standard InChI is InChI=1S/C16H17N5O2S/c1-3-23-13(22)9-24-16-14-15(17-10-18-16)21(20-19-14)8-12-6-4-11(2)5-7-12/h4-7,10H,3,8-9H2,1-2H3. The topological polar surface area (TPSA) is 82.8 Å². The van der Waals surface area contributed by atoms with Crippen LogP contribution in [0.25, 0.3) is 11.2 Å². The highest BCUT2D eigenvalue weighted by molar-refractivity contribution is 8.00. The summed E-state index contributed by atoms with van der Waals surface area (Å²) in [4.78, 5) is 20.0. The number of aromatic nitrogens is 5. The molecular formula is C16H17N5O2S. The zero-order valence-corrected chi connectivity index (χ0v) is 14.3. The molecule has 0 unspecified atom stereocenters. The highest BCUT2D eigenvalue weighted by atomic mass is 32.2. The molecule has 0 bridgehead atoms. The van der Waals surface area contributed by atoms with Crippen LogP contribution in [0.2, 0.25) is 0 Å². The third-order valence-corrected chi connectivity index (χ3v) is 4.30. The maximum Gasteiger partial charge on any atom is 0.316 e. The van der Waals surface area contributed by atoms with E-state index in [0.29, 0.717) is 29.3 Å². The van der Waals surface area contributed by atoms with Gasteiger partial charge >= 0.3 is 5.97 Å². The lowest BCUT2D eigenvalue weighted by Gasteiger charge is -2.04. The molecule has 2 heterocycles. The number of hydrogen-bond acceptors (Lipinski definition) is 7. The van der Waals surface area contributed by atoms with Gasteiger partial charge in [-0.05, 0) is 19.4 Å². The van der Waals surface area contributed by atoms with Crippen LogP contribution in [-0.2, 0) is 16.1 Å². The van der Waals surface area contributed by atoms with Gasteiger partial charge in [-0.25, -0.2) is 14.6 Å². The van der Waals surface area contributed by atoms with Gasteiger partial charge in [-0.15, -0.1) is 5.10 Å². The van der Waals surface area contributed by atoms with Crippen molar-refractivity contribution >= 4 is 28.9 Å². The molecule has 8 heteroatoms. The number of aryl methyl sites for hydroxylation is 1. The van der Waals surface area contributed by atoms with E-state index in [9.17, 15) is 4.79 Å². The van der Waals surface area contributed by atoms with Gasteiger partial charge in [0.2, 0.25) is 0 Å². The molecule has 3 rings (SSSR count). The van der Waals surface area contributed by atoms with Gasteiger partial charge < -0.3 is 4.74 Å². The molecule has 0 saturated heterocycles. The third-order valence-electron chi connectivity index (χ3n) is 3.35. The molecule has 0 N–H and O–H groups in total. The number of carbonyl (C=O) groups excluding carboxylic acids is 1. The van der Waals surface area contributed by atoms with Gasteiger partial charge in [-0.1, -0.05) is 46.8 Å². The van der Waals surface area contributed by atoms with E-state index >= 15 is 0 Å². The van der Waals surface area contributed by atoms with Crippen molar-refractivity contribution in [2.45, 2.75) is 25.4 Å². The van der Waals surface area contributed by atoms with E-state index in [-0.39, 0.29) is 11.7 Å². The Balaban J connectivity index is 1.80. The Morgan fingerprint density at radius 2 is 2.04 bits per heavy atom. The van der Waals surface area contributed by atoms with Crippen molar-refractivity contribution in [2.24, 2.45) is 0 Å². The van der Waals surface area contributed by atoms with Crippen LogP contribution in [0.3, 0.4) is 0 Å². The Morgan fingerprint density at radius 3 is 2.79 bits per heavy atom. The molecule has 0 radical (unpaired) electrons. The molecule has 0 aliphatic carbocycles. The van der Waals surface area contributed by atoms with E-state index in [4.69, 9.17) is 4.74 Å². The van der Waals surface area contributed by atoms with Crippen LogP contribution in [0, 0.1) is 6.92 Å². The summed E-state index contributed by atoms with van der Waals surface area (Å²) in [5.74, 6) is -0.0913. The maximum absolute atomic E-state index is 11.5. The summed E-state index contributed by atoms with van der Waals surface area (Å²) in [6.07, 6.45) is 1.46. The van der Waals surface area contributed by atoms with Gasteiger partial charge in [0.1, 0.15) is 11.4 Å². The molecule has 0 amide bonds. The first-order valence-corrected chi connectivity index (χ1v) is 8.54. The smallest absolute Gasteiger partial charge is 0.316 e. The van der Waals surface area contributed by atoms with Crippen molar-refractivity contribution in [1.29, 1.82) is 0 Å². The van der Waals surface area contributed by atoms with Gasteiger partial charge in [0, 0.05) is 0 Å². The Kier molecular flexibility index (Phi) is 5.05. The fraction of sp³-hybridized carbons (Fsp3) is 0.312. The molecule has 1 aromatic carbocycles. The first-order chi connectivity index (χ1) is 11.7. The van der Waals surface area contributed by atoms with E-state index in [2.05, 4.69) is 51.5 Å². The van der Waals surface area contributed by atoms with Crippen molar-refractivity contribution in [3.8, 4) is 0 Å². The monoisotopic (exact) mass is 343 g/mol. The van der Waals surface area contributed by atoms with Crippen LogP contribution in [0.15, 0.2) is 35.6 Å². The summed E-state index contributed by atoms with van der Waals surface area (Å²) in [5.41, 5.74) is 3.57.